The van der Waals surface area contributed by atoms with Crippen molar-refractivity contribution in [2.75, 3.05) is 0 Å². The molecule has 0 aromatic carbocycles. The van der Waals surface area contributed by atoms with Crippen LogP contribution in [0.5, 0.6) is 0 Å². The summed E-state index contributed by atoms with van der Waals surface area (Å²) in [6.45, 7) is 6.17. The topological polar surface area (TPSA) is 38.9 Å². The lowest BCUT2D eigenvalue weighted by molar-refractivity contribution is 0.636. The second-order valence-electron chi connectivity index (χ2n) is 3.58. The van der Waals surface area contributed by atoms with E-state index in [1.165, 1.54) is 5.56 Å². The van der Waals surface area contributed by atoms with Crippen molar-refractivity contribution in [3.8, 4) is 0 Å². The highest BCUT2D eigenvalue weighted by atomic mass is 14.7. The molecule has 1 rings (SSSR count). The predicted octanol–water partition coefficient (Wildman–Crippen LogP) is 2.50. The maximum Gasteiger partial charge on any atom is 0.0379 e. The SMILES string of the molecule is CCC[C@@H](N)c1cc(C)nc(C)c1. The van der Waals surface area contributed by atoms with Crippen molar-refractivity contribution in [1.82, 2.24) is 4.98 Å². The van der Waals surface area contributed by atoms with E-state index in [9.17, 15) is 0 Å². The number of aromatic nitrogens is 1. The first-order valence-corrected chi connectivity index (χ1v) is 4.84. The van der Waals surface area contributed by atoms with Crippen LogP contribution in [0.4, 0.5) is 0 Å². The van der Waals surface area contributed by atoms with Gasteiger partial charge in [-0.05, 0) is 38.0 Å². The number of rotatable bonds is 3. The molecule has 0 aliphatic rings. The number of hydrogen-bond acceptors (Lipinski definition) is 2. The third kappa shape index (κ3) is 2.81. The van der Waals surface area contributed by atoms with E-state index in [0.717, 1.165) is 24.2 Å². The summed E-state index contributed by atoms with van der Waals surface area (Å²) in [6.07, 6.45) is 2.17. The summed E-state index contributed by atoms with van der Waals surface area (Å²) in [5.41, 5.74) is 9.34. The Morgan fingerprint density at radius 2 is 1.85 bits per heavy atom. The Bertz CT molecular complexity index is 261. The second kappa shape index (κ2) is 4.38. The van der Waals surface area contributed by atoms with Crippen LogP contribution < -0.4 is 5.73 Å². The van der Waals surface area contributed by atoms with E-state index in [1.54, 1.807) is 0 Å². The highest BCUT2D eigenvalue weighted by Crippen LogP contribution is 2.16. The minimum atomic E-state index is 0.172. The lowest BCUT2D eigenvalue weighted by atomic mass is 10.0. The maximum atomic E-state index is 6.02. The second-order valence-corrected chi connectivity index (χ2v) is 3.58. The van der Waals surface area contributed by atoms with Crippen LogP contribution in [0.15, 0.2) is 12.1 Å². The minimum absolute atomic E-state index is 0.172. The van der Waals surface area contributed by atoms with Crippen LogP contribution >= 0.6 is 0 Å². The van der Waals surface area contributed by atoms with E-state index in [2.05, 4.69) is 24.0 Å². The van der Waals surface area contributed by atoms with Gasteiger partial charge in [0, 0.05) is 17.4 Å². The van der Waals surface area contributed by atoms with Gasteiger partial charge in [0.2, 0.25) is 0 Å². The summed E-state index contributed by atoms with van der Waals surface area (Å²) >= 11 is 0. The van der Waals surface area contributed by atoms with Crippen molar-refractivity contribution in [3.05, 3.63) is 29.1 Å². The first-order valence-electron chi connectivity index (χ1n) is 4.84. The lowest BCUT2D eigenvalue weighted by Crippen LogP contribution is -2.10. The molecule has 0 radical (unpaired) electrons. The van der Waals surface area contributed by atoms with Gasteiger partial charge in [0.25, 0.3) is 0 Å². The molecule has 0 bridgehead atoms. The van der Waals surface area contributed by atoms with Crippen LogP contribution in [0.1, 0.15) is 42.8 Å². The molecule has 0 fully saturated rings. The Morgan fingerprint density at radius 3 is 2.31 bits per heavy atom. The zero-order valence-electron chi connectivity index (χ0n) is 8.67. The van der Waals surface area contributed by atoms with Crippen molar-refractivity contribution < 1.29 is 0 Å². The molecule has 0 spiro atoms. The normalized spacial score (nSPS) is 12.9. The zero-order chi connectivity index (χ0) is 9.84. The van der Waals surface area contributed by atoms with Gasteiger partial charge in [0.05, 0.1) is 0 Å². The molecule has 2 heteroatoms. The summed E-state index contributed by atoms with van der Waals surface area (Å²) in [7, 11) is 0. The zero-order valence-corrected chi connectivity index (χ0v) is 8.67. The van der Waals surface area contributed by atoms with Crippen LogP contribution in [0.2, 0.25) is 0 Å². The van der Waals surface area contributed by atoms with E-state index in [-0.39, 0.29) is 6.04 Å². The quantitative estimate of drug-likeness (QED) is 0.772. The molecular weight excluding hydrogens is 160 g/mol. The summed E-state index contributed by atoms with van der Waals surface area (Å²) in [4.78, 5) is 4.32. The fraction of sp³-hybridized carbons (Fsp3) is 0.545. The third-order valence-corrected chi connectivity index (χ3v) is 2.13. The number of hydrogen-bond donors (Lipinski definition) is 1. The van der Waals surface area contributed by atoms with Crippen molar-refractivity contribution in [3.63, 3.8) is 0 Å². The van der Waals surface area contributed by atoms with Gasteiger partial charge in [-0.3, -0.25) is 4.98 Å². The highest BCUT2D eigenvalue weighted by molar-refractivity contribution is 5.23. The third-order valence-electron chi connectivity index (χ3n) is 2.13. The molecule has 0 saturated heterocycles. The summed E-state index contributed by atoms with van der Waals surface area (Å²) in [5, 5.41) is 0. The molecule has 0 unspecified atom stereocenters. The first-order chi connectivity index (χ1) is 6.13. The van der Waals surface area contributed by atoms with E-state index in [0.29, 0.717) is 0 Å². The van der Waals surface area contributed by atoms with Gasteiger partial charge in [0.1, 0.15) is 0 Å². The molecule has 1 aromatic heterocycles. The first kappa shape index (κ1) is 10.2. The summed E-state index contributed by atoms with van der Waals surface area (Å²) in [6, 6.07) is 4.33. The summed E-state index contributed by atoms with van der Waals surface area (Å²) < 4.78 is 0. The molecule has 2 N–H and O–H groups in total. The Kier molecular flexibility index (Phi) is 3.43. The van der Waals surface area contributed by atoms with Crippen molar-refractivity contribution in [1.29, 1.82) is 0 Å². The predicted molar refractivity (Wildman–Crippen MR) is 55.5 cm³/mol. The highest BCUT2D eigenvalue weighted by Gasteiger charge is 2.05. The molecule has 2 nitrogen and oxygen atoms in total. The van der Waals surface area contributed by atoms with E-state index >= 15 is 0 Å². The number of aryl methyl sites for hydroxylation is 2. The maximum absolute atomic E-state index is 6.02. The van der Waals surface area contributed by atoms with Crippen LogP contribution in [0, 0.1) is 13.8 Å². The van der Waals surface area contributed by atoms with E-state index < -0.39 is 0 Å². The van der Waals surface area contributed by atoms with Crippen LogP contribution in [0.3, 0.4) is 0 Å². The Labute approximate surface area is 80.2 Å². The molecule has 0 aliphatic carbocycles. The Morgan fingerprint density at radius 1 is 1.31 bits per heavy atom. The Balaban J connectivity index is 2.87. The van der Waals surface area contributed by atoms with E-state index in [4.69, 9.17) is 5.73 Å². The molecule has 1 heterocycles. The van der Waals surface area contributed by atoms with Crippen molar-refractivity contribution in [2.45, 2.75) is 39.7 Å². The molecule has 0 aliphatic heterocycles. The standard InChI is InChI=1S/C11H18N2/c1-4-5-11(12)10-6-8(2)13-9(3)7-10/h6-7,11H,4-5,12H2,1-3H3/t11-/m1/s1. The van der Waals surface area contributed by atoms with Gasteiger partial charge < -0.3 is 5.73 Å². The molecular formula is C11H18N2. The molecule has 0 amide bonds. The van der Waals surface area contributed by atoms with Gasteiger partial charge in [-0.2, -0.15) is 0 Å². The summed E-state index contributed by atoms with van der Waals surface area (Å²) in [5.74, 6) is 0. The van der Waals surface area contributed by atoms with Gasteiger partial charge in [-0.15, -0.1) is 0 Å². The fourth-order valence-corrected chi connectivity index (χ4v) is 1.56. The number of nitrogens with two attached hydrogens (primary N) is 1. The lowest BCUT2D eigenvalue weighted by Gasteiger charge is -2.11. The van der Waals surface area contributed by atoms with Crippen molar-refractivity contribution >= 4 is 0 Å². The molecule has 72 valence electrons. The number of pyridine rings is 1. The monoisotopic (exact) mass is 178 g/mol. The smallest absolute Gasteiger partial charge is 0.0379 e. The van der Waals surface area contributed by atoms with Gasteiger partial charge in [-0.25, -0.2) is 0 Å². The van der Waals surface area contributed by atoms with Crippen LogP contribution in [0.25, 0.3) is 0 Å². The van der Waals surface area contributed by atoms with Gasteiger partial charge in [-0.1, -0.05) is 13.3 Å². The molecule has 1 aromatic rings. The molecule has 13 heavy (non-hydrogen) atoms. The van der Waals surface area contributed by atoms with Crippen LogP contribution in [-0.4, -0.2) is 4.98 Å². The minimum Gasteiger partial charge on any atom is -0.324 e. The number of nitrogens with zero attached hydrogens (tertiary/aromatic N) is 1. The van der Waals surface area contributed by atoms with Crippen LogP contribution in [-0.2, 0) is 0 Å². The van der Waals surface area contributed by atoms with Gasteiger partial charge in [0.15, 0.2) is 0 Å². The average molecular weight is 178 g/mol. The molecule has 0 saturated carbocycles. The van der Waals surface area contributed by atoms with Crippen molar-refractivity contribution in [2.24, 2.45) is 5.73 Å². The average Bonchev–Trinajstić information content (AvgIpc) is 2.03. The Hall–Kier alpha value is -0.890. The largest absolute Gasteiger partial charge is 0.324 e. The fourth-order valence-electron chi connectivity index (χ4n) is 1.56. The van der Waals surface area contributed by atoms with Gasteiger partial charge >= 0.3 is 0 Å². The van der Waals surface area contributed by atoms with E-state index in [1.807, 2.05) is 13.8 Å². The molecule has 1 atom stereocenters.